The zero-order chi connectivity index (χ0) is 29.2. The molecule has 0 radical (unpaired) electrons. The summed E-state index contributed by atoms with van der Waals surface area (Å²) in [6, 6.07) is 15.5. The highest BCUT2D eigenvalue weighted by atomic mass is 19.1. The average molecular weight is 551 g/mol. The Bertz CT molecular complexity index is 1290. The van der Waals surface area contributed by atoms with Crippen LogP contribution in [0.3, 0.4) is 0 Å². The number of amides is 1. The molecule has 2 unspecified atom stereocenters. The Balaban J connectivity index is 1.80. The van der Waals surface area contributed by atoms with Crippen molar-refractivity contribution in [1.29, 1.82) is 0 Å². The van der Waals surface area contributed by atoms with Crippen LogP contribution in [0.1, 0.15) is 76.6 Å². The standard InChI is InChI=1S/C33H40F2N2O3/c1-5-22-9-8-10-23(13-22)19-36-20-31(38)30(16-24-14-28(34)18-29(35)15-24)37-33(40)27-12-21(4)11-26(17-27)32(39)25(6-2)7-3/h8-15,17-18,25,30-31,36,38H,5-7,16,19-20H2,1-4H3,(H,37,40). The van der Waals surface area contributed by atoms with E-state index in [9.17, 15) is 23.5 Å². The number of nitrogens with one attached hydrogen (secondary N) is 2. The third-order valence-corrected chi connectivity index (χ3v) is 7.22. The zero-order valence-electron chi connectivity index (χ0n) is 23.8. The van der Waals surface area contributed by atoms with Crippen molar-refractivity contribution in [3.63, 3.8) is 0 Å². The van der Waals surface area contributed by atoms with E-state index in [1.54, 1.807) is 18.2 Å². The summed E-state index contributed by atoms with van der Waals surface area (Å²) in [7, 11) is 0. The molecule has 3 rings (SSSR count). The van der Waals surface area contributed by atoms with Crippen LogP contribution in [-0.4, -0.2) is 35.5 Å². The maximum atomic E-state index is 13.9. The van der Waals surface area contributed by atoms with Crippen LogP contribution in [0, 0.1) is 24.5 Å². The Morgan fingerprint density at radius 2 is 1.50 bits per heavy atom. The number of hydrogen-bond acceptors (Lipinski definition) is 4. The number of aliphatic hydroxyl groups is 1. The SMILES string of the molecule is CCc1cccc(CNCC(O)C(Cc2cc(F)cc(F)c2)NC(=O)c2cc(C)cc(C(=O)C(CC)CC)c2)c1. The van der Waals surface area contributed by atoms with Crippen molar-refractivity contribution in [2.45, 2.75) is 72.1 Å². The molecule has 3 aromatic rings. The van der Waals surface area contributed by atoms with E-state index in [1.807, 2.05) is 32.9 Å². The quantitative estimate of drug-likeness (QED) is 0.217. The number of aliphatic hydroxyl groups excluding tert-OH is 1. The number of ketones is 1. The molecular formula is C33H40F2N2O3. The van der Waals surface area contributed by atoms with E-state index in [-0.39, 0.29) is 24.7 Å². The lowest BCUT2D eigenvalue weighted by Gasteiger charge is -2.25. The number of halogens is 2. The first-order valence-corrected chi connectivity index (χ1v) is 14.0. The number of carbonyl (C=O) groups is 2. The second kappa shape index (κ2) is 14.8. The highest BCUT2D eigenvalue weighted by Crippen LogP contribution is 2.19. The Hall–Kier alpha value is -3.42. The Labute approximate surface area is 236 Å². The van der Waals surface area contributed by atoms with Gasteiger partial charge >= 0.3 is 0 Å². The molecule has 0 aliphatic carbocycles. The highest BCUT2D eigenvalue weighted by Gasteiger charge is 2.24. The molecule has 40 heavy (non-hydrogen) atoms. The van der Waals surface area contributed by atoms with Gasteiger partial charge in [0.25, 0.3) is 5.91 Å². The van der Waals surface area contributed by atoms with Gasteiger partial charge in [-0.25, -0.2) is 8.78 Å². The molecule has 1 amide bonds. The van der Waals surface area contributed by atoms with Gasteiger partial charge in [0.1, 0.15) is 11.6 Å². The summed E-state index contributed by atoms with van der Waals surface area (Å²) >= 11 is 0. The average Bonchev–Trinajstić information content (AvgIpc) is 2.92. The lowest BCUT2D eigenvalue weighted by atomic mass is 9.91. The van der Waals surface area contributed by atoms with Crippen LogP contribution in [0.4, 0.5) is 8.78 Å². The van der Waals surface area contributed by atoms with Crippen molar-refractivity contribution < 1.29 is 23.5 Å². The number of rotatable bonds is 14. The van der Waals surface area contributed by atoms with E-state index in [4.69, 9.17) is 0 Å². The fourth-order valence-electron chi connectivity index (χ4n) is 4.94. The molecule has 2 atom stereocenters. The van der Waals surface area contributed by atoms with Crippen molar-refractivity contribution in [1.82, 2.24) is 10.6 Å². The van der Waals surface area contributed by atoms with Crippen LogP contribution >= 0.6 is 0 Å². The van der Waals surface area contributed by atoms with Gasteiger partial charge in [-0.1, -0.05) is 45.0 Å². The number of hydrogen-bond donors (Lipinski definition) is 3. The monoisotopic (exact) mass is 550 g/mol. The Morgan fingerprint density at radius 1 is 0.850 bits per heavy atom. The van der Waals surface area contributed by atoms with Crippen molar-refractivity contribution in [2.24, 2.45) is 5.92 Å². The van der Waals surface area contributed by atoms with E-state index >= 15 is 0 Å². The molecule has 214 valence electrons. The summed E-state index contributed by atoms with van der Waals surface area (Å²) in [5.74, 6) is -2.07. The van der Waals surface area contributed by atoms with Crippen LogP contribution in [-0.2, 0) is 19.4 Å². The van der Waals surface area contributed by atoms with Crippen molar-refractivity contribution >= 4 is 11.7 Å². The van der Waals surface area contributed by atoms with E-state index in [0.29, 0.717) is 36.1 Å². The first kappa shape index (κ1) is 31.1. The minimum atomic E-state index is -1.06. The number of aryl methyl sites for hydroxylation is 2. The lowest BCUT2D eigenvalue weighted by molar-refractivity contribution is 0.0829. The minimum Gasteiger partial charge on any atom is -0.390 e. The zero-order valence-corrected chi connectivity index (χ0v) is 23.8. The maximum absolute atomic E-state index is 13.9. The second-order valence-corrected chi connectivity index (χ2v) is 10.4. The van der Waals surface area contributed by atoms with Crippen LogP contribution in [0.25, 0.3) is 0 Å². The summed E-state index contributed by atoms with van der Waals surface area (Å²) in [5, 5.41) is 17.2. The molecule has 0 aliphatic rings. The van der Waals surface area contributed by atoms with Gasteiger partial charge in [0.15, 0.2) is 5.78 Å². The van der Waals surface area contributed by atoms with Crippen molar-refractivity contribution in [3.8, 4) is 0 Å². The van der Waals surface area contributed by atoms with Crippen molar-refractivity contribution in [3.05, 3.63) is 106 Å². The van der Waals surface area contributed by atoms with Gasteiger partial charge in [-0.2, -0.15) is 0 Å². The summed E-state index contributed by atoms with van der Waals surface area (Å²) in [6.45, 7) is 8.49. The smallest absolute Gasteiger partial charge is 0.251 e. The van der Waals surface area contributed by atoms with Gasteiger partial charge in [0.2, 0.25) is 0 Å². The van der Waals surface area contributed by atoms with Gasteiger partial charge in [-0.05, 0) is 85.2 Å². The summed E-state index contributed by atoms with van der Waals surface area (Å²) in [6.07, 6.45) is 1.29. The van der Waals surface area contributed by atoms with Gasteiger partial charge in [-0.3, -0.25) is 9.59 Å². The number of benzene rings is 3. The molecule has 0 spiro atoms. The van der Waals surface area contributed by atoms with Crippen LogP contribution < -0.4 is 10.6 Å². The van der Waals surface area contributed by atoms with E-state index < -0.39 is 29.7 Å². The van der Waals surface area contributed by atoms with Gasteiger partial charge in [0.05, 0.1) is 12.1 Å². The highest BCUT2D eigenvalue weighted by molar-refractivity contribution is 6.02. The molecule has 0 fully saturated rings. The minimum absolute atomic E-state index is 0.00841. The predicted octanol–water partition coefficient (Wildman–Crippen LogP) is 5.95. The van der Waals surface area contributed by atoms with Crippen LogP contribution in [0.15, 0.2) is 60.7 Å². The molecule has 0 saturated heterocycles. The first-order chi connectivity index (χ1) is 19.1. The van der Waals surface area contributed by atoms with E-state index in [0.717, 1.165) is 23.6 Å². The summed E-state index contributed by atoms with van der Waals surface area (Å²) in [4.78, 5) is 26.4. The molecule has 5 nitrogen and oxygen atoms in total. The Morgan fingerprint density at radius 3 is 2.15 bits per heavy atom. The summed E-state index contributed by atoms with van der Waals surface area (Å²) < 4.78 is 27.8. The Kier molecular flexibility index (Phi) is 11.5. The van der Waals surface area contributed by atoms with E-state index in [1.165, 1.54) is 17.7 Å². The molecule has 0 bridgehead atoms. The topological polar surface area (TPSA) is 78.4 Å². The normalized spacial score (nSPS) is 12.8. The third-order valence-electron chi connectivity index (χ3n) is 7.22. The predicted molar refractivity (Wildman–Crippen MR) is 154 cm³/mol. The molecule has 0 saturated carbocycles. The van der Waals surface area contributed by atoms with E-state index in [2.05, 4.69) is 29.7 Å². The number of carbonyl (C=O) groups excluding carboxylic acids is 2. The number of Topliss-reactive ketones (excluding diaryl/α,β-unsaturated/α-hetero) is 1. The van der Waals surface area contributed by atoms with Gasteiger partial charge < -0.3 is 15.7 Å². The molecule has 0 heterocycles. The fraction of sp³-hybridized carbons (Fsp3) is 0.394. The van der Waals surface area contributed by atoms with Gasteiger partial charge in [-0.15, -0.1) is 0 Å². The molecule has 0 aromatic heterocycles. The molecule has 0 aliphatic heterocycles. The molecular weight excluding hydrogens is 510 g/mol. The molecule has 3 aromatic carbocycles. The third kappa shape index (κ3) is 8.80. The van der Waals surface area contributed by atoms with Crippen LogP contribution in [0.5, 0.6) is 0 Å². The largest absolute Gasteiger partial charge is 0.390 e. The molecule has 3 N–H and O–H groups in total. The van der Waals surface area contributed by atoms with Crippen molar-refractivity contribution in [2.75, 3.05) is 6.54 Å². The second-order valence-electron chi connectivity index (χ2n) is 10.4. The maximum Gasteiger partial charge on any atom is 0.251 e. The first-order valence-electron chi connectivity index (χ1n) is 14.0. The van der Waals surface area contributed by atoms with Crippen LogP contribution in [0.2, 0.25) is 0 Å². The fourth-order valence-corrected chi connectivity index (χ4v) is 4.94. The summed E-state index contributed by atoms with van der Waals surface area (Å²) in [5.41, 5.74) is 4.11. The lowest BCUT2D eigenvalue weighted by Crippen LogP contribution is -2.48. The molecule has 7 heteroatoms. The van der Waals surface area contributed by atoms with Gasteiger partial charge in [0, 0.05) is 36.2 Å².